The summed E-state index contributed by atoms with van der Waals surface area (Å²) < 4.78 is 2.89. The molecule has 0 aromatic heterocycles. The Kier molecular flexibility index (Phi) is 6.99. The second-order valence-corrected chi connectivity index (χ2v) is 9.75. The van der Waals surface area contributed by atoms with Gasteiger partial charge in [0.05, 0.1) is 0 Å². The molecule has 0 N–H and O–H groups in total. The first-order valence-corrected chi connectivity index (χ1v) is 12.2. The minimum absolute atomic E-state index is 0.236. The van der Waals surface area contributed by atoms with Gasteiger partial charge >= 0.3 is 192 Å². The van der Waals surface area contributed by atoms with Gasteiger partial charge in [0.25, 0.3) is 0 Å². The van der Waals surface area contributed by atoms with Crippen LogP contribution in [0, 0.1) is 0 Å². The van der Waals surface area contributed by atoms with Crippen LogP contribution in [0.15, 0.2) is 110 Å². The van der Waals surface area contributed by atoms with Crippen LogP contribution in [-0.4, -0.2) is 15.0 Å². The van der Waals surface area contributed by atoms with Gasteiger partial charge in [0, 0.05) is 0 Å². The van der Waals surface area contributed by atoms with Gasteiger partial charge in [0.15, 0.2) is 0 Å². The first-order chi connectivity index (χ1) is 15.3. The molecule has 0 aliphatic carbocycles. The summed E-state index contributed by atoms with van der Waals surface area (Å²) in [4.78, 5) is 0. The van der Waals surface area contributed by atoms with E-state index in [2.05, 4.69) is 110 Å². The van der Waals surface area contributed by atoms with Gasteiger partial charge in [-0.3, -0.25) is 0 Å². The van der Waals surface area contributed by atoms with E-state index in [4.69, 9.17) is 0 Å². The minimum atomic E-state index is 0.236. The molecule has 0 aliphatic rings. The normalized spacial score (nSPS) is 10.6. The molecule has 0 saturated carbocycles. The van der Waals surface area contributed by atoms with Crippen molar-refractivity contribution in [2.24, 2.45) is 0 Å². The summed E-state index contributed by atoms with van der Waals surface area (Å²) in [5.41, 5.74) is 7.89. The summed E-state index contributed by atoms with van der Waals surface area (Å²) in [5.74, 6) is 0. The average Bonchev–Trinajstić information content (AvgIpc) is 2.82. The van der Waals surface area contributed by atoms with Gasteiger partial charge in [-0.2, -0.15) is 0 Å². The molecular weight excluding hydrogens is 439 g/mol. The average molecular weight is 465 g/mol. The molecule has 0 unspecified atom stereocenters. The molecule has 31 heavy (non-hydrogen) atoms. The van der Waals surface area contributed by atoms with Crippen molar-refractivity contribution in [3.63, 3.8) is 0 Å². The molecule has 4 rings (SSSR count). The van der Waals surface area contributed by atoms with Gasteiger partial charge in [-0.15, -0.1) is 0 Å². The van der Waals surface area contributed by atoms with Crippen molar-refractivity contribution in [2.45, 2.75) is 12.8 Å². The third-order valence-electron chi connectivity index (χ3n) is 5.48. The second kappa shape index (κ2) is 10.3. The van der Waals surface area contributed by atoms with Crippen LogP contribution in [0.4, 0.5) is 0 Å². The number of benzene rings is 4. The molecule has 4 aromatic rings. The molecule has 0 saturated heterocycles. The molecule has 0 fully saturated rings. The van der Waals surface area contributed by atoms with E-state index in [0.29, 0.717) is 0 Å². The Labute approximate surface area is 192 Å². The topological polar surface area (TPSA) is 0 Å². The van der Waals surface area contributed by atoms with Gasteiger partial charge in [-0.1, -0.05) is 0 Å². The fourth-order valence-corrected chi connectivity index (χ4v) is 6.07. The third-order valence-corrected chi connectivity index (χ3v) is 8.07. The van der Waals surface area contributed by atoms with Crippen LogP contribution in [0.2, 0.25) is 0 Å². The van der Waals surface area contributed by atoms with Crippen molar-refractivity contribution in [1.82, 2.24) is 0 Å². The molecular formula is C30H26Se. The molecule has 0 heterocycles. The molecule has 152 valence electrons. The SMILES string of the molecule is C=Cc1ccccc1Cc1ccccc1[Se]c1ccccc1Cc1ccccc1C=C. The van der Waals surface area contributed by atoms with E-state index in [1.165, 1.54) is 42.3 Å². The summed E-state index contributed by atoms with van der Waals surface area (Å²) in [6.07, 6.45) is 5.77. The first kappa shape index (κ1) is 21.1. The van der Waals surface area contributed by atoms with Crippen LogP contribution in [-0.2, 0) is 12.8 Å². The van der Waals surface area contributed by atoms with Crippen LogP contribution >= 0.6 is 0 Å². The maximum absolute atomic E-state index is 3.99. The summed E-state index contributed by atoms with van der Waals surface area (Å²) in [6, 6.07) is 34.8. The molecule has 0 amide bonds. The van der Waals surface area contributed by atoms with Crippen molar-refractivity contribution in [3.05, 3.63) is 144 Å². The third kappa shape index (κ3) is 5.14. The van der Waals surface area contributed by atoms with Gasteiger partial charge < -0.3 is 0 Å². The van der Waals surface area contributed by atoms with Crippen LogP contribution in [0.3, 0.4) is 0 Å². The monoisotopic (exact) mass is 466 g/mol. The number of hydrogen-bond donors (Lipinski definition) is 0. The van der Waals surface area contributed by atoms with Crippen molar-refractivity contribution < 1.29 is 0 Å². The fraction of sp³-hybridized carbons (Fsp3) is 0.0667. The van der Waals surface area contributed by atoms with Crippen molar-refractivity contribution in [3.8, 4) is 0 Å². The van der Waals surface area contributed by atoms with Gasteiger partial charge in [-0.05, 0) is 0 Å². The zero-order valence-corrected chi connectivity index (χ0v) is 19.3. The Balaban J connectivity index is 1.64. The van der Waals surface area contributed by atoms with Crippen molar-refractivity contribution >= 4 is 36.0 Å². The number of rotatable bonds is 8. The predicted molar refractivity (Wildman–Crippen MR) is 137 cm³/mol. The zero-order chi connectivity index (χ0) is 21.5. The number of hydrogen-bond acceptors (Lipinski definition) is 0. The maximum atomic E-state index is 3.99. The summed E-state index contributed by atoms with van der Waals surface area (Å²) in [5, 5.41) is 0. The van der Waals surface area contributed by atoms with E-state index < -0.39 is 0 Å². The Hall–Kier alpha value is -3.12. The van der Waals surface area contributed by atoms with Gasteiger partial charge in [0.2, 0.25) is 0 Å². The summed E-state index contributed by atoms with van der Waals surface area (Å²) in [6.45, 7) is 7.97. The van der Waals surface area contributed by atoms with E-state index >= 15 is 0 Å². The Morgan fingerprint density at radius 1 is 0.484 bits per heavy atom. The fourth-order valence-electron chi connectivity index (χ4n) is 3.82. The van der Waals surface area contributed by atoms with E-state index in [1.807, 2.05) is 12.2 Å². The molecule has 0 radical (unpaired) electrons. The predicted octanol–water partition coefficient (Wildman–Crippen LogP) is 5.81. The Bertz CT molecular complexity index is 1110. The Morgan fingerprint density at radius 3 is 1.26 bits per heavy atom. The van der Waals surface area contributed by atoms with Crippen molar-refractivity contribution in [2.75, 3.05) is 0 Å². The standard InChI is InChI=1S/C30H26Se/c1-3-23-13-5-7-15-25(23)21-27-17-9-11-19-29(27)31-30-20-12-10-18-28(30)22-26-16-8-6-14-24(26)4-2/h3-20H,1-2,21-22H2. The quantitative estimate of drug-likeness (QED) is 0.288. The van der Waals surface area contributed by atoms with E-state index in [9.17, 15) is 0 Å². The van der Waals surface area contributed by atoms with Gasteiger partial charge in [0.1, 0.15) is 0 Å². The molecule has 0 spiro atoms. The van der Waals surface area contributed by atoms with E-state index in [-0.39, 0.29) is 15.0 Å². The second-order valence-electron chi connectivity index (χ2n) is 7.48. The van der Waals surface area contributed by atoms with E-state index in [1.54, 1.807) is 0 Å². The molecule has 0 atom stereocenters. The van der Waals surface area contributed by atoms with Crippen LogP contribution in [0.25, 0.3) is 12.2 Å². The van der Waals surface area contributed by atoms with Crippen LogP contribution < -0.4 is 8.92 Å². The molecule has 4 aromatic carbocycles. The van der Waals surface area contributed by atoms with Gasteiger partial charge in [-0.25, -0.2) is 0 Å². The van der Waals surface area contributed by atoms with Crippen molar-refractivity contribution in [1.29, 1.82) is 0 Å². The molecule has 0 aliphatic heterocycles. The Morgan fingerprint density at radius 2 is 0.839 bits per heavy atom. The zero-order valence-electron chi connectivity index (χ0n) is 17.6. The van der Waals surface area contributed by atoms with Crippen LogP contribution in [0.1, 0.15) is 33.4 Å². The first-order valence-electron chi connectivity index (χ1n) is 10.5. The van der Waals surface area contributed by atoms with Crippen LogP contribution in [0.5, 0.6) is 0 Å². The summed E-state index contributed by atoms with van der Waals surface area (Å²) in [7, 11) is 0. The van der Waals surface area contributed by atoms with E-state index in [0.717, 1.165) is 12.8 Å². The molecule has 0 nitrogen and oxygen atoms in total. The molecule has 1 heteroatoms. The molecule has 0 bridgehead atoms. The summed E-state index contributed by atoms with van der Waals surface area (Å²) >= 11 is 0.236.